The summed E-state index contributed by atoms with van der Waals surface area (Å²) in [7, 11) is 1.55. The molecule has 9 nitrogen and oxygen atoms in total. The summed E-state index contributed by atoms with van der Waals surface area (Å²) < 4.78 is 47.4. The first-order valence-electron chi connectivity index (χ1n) is 14.1. The van der Waals surface area contributed by atoms with Crippen molar-refractivity contribution in [2.24, 2.45) is 5.92 Å². The normalized spacial score (nSPS) is 21.2. The van der Waals surface area contributed by atoms with Gasteiger partial charge in [0.1, 0.15) is 23.5 Å². The molecule has 4 aromatic rings. The number of nitrogens with zero attached hydrogens (tertiary/aromatic N) is 7. The van der Waals surface area contributed by atoms with Gasteiger partial charge in [-0.05, 0) is 37.7 Å². The molecule has 12 heteroatoms. The van der Waals surface area contributed by atoms with Crippen molar-refractivity contribution in [3.63, 3.8) is 0 Å². The lowest BCUT2D eigenvalue weighted by molar-refractivity contribution is -0.140. The van der Waals surface area contributed by atoms with E-state index >= 15 is 0 Å². The van der Waals surface area contributed by atoms with Crippen LogP contribution in [0.1, 0.15) is 72.5 Å². The Kier molecular flexibility index (Phi) is 5.48. The van der Waals surface area contributed by atoms with Gasteiger partial charge in [-0.1, -0.05) is 24.3 Å². The van der Waals surface area contributed by atoms with Gasteiger partial charge in [-0.25, -0.2) is 24.9 Å². The first kappa shape index (κ1) is 25.4. The molecular weight excluding hydrogens is 547 g/mol. The van der Waals surface area contributed by atoms with Gasteiger partial charge in [0, 0.05) is 47.3 Å². The van der Waals surface area contributed by atoms with Crippen LogP contribution in [0.3, 0.4) is 0 Å². The summed E-state index contributed by atoms with van der Waals surface area (Å²) in [5, 5.41) is 0. The third kappa shape index (κ3) is 4.23. The molecule has 214 valence electrons. The van der Waals surface area contributed by atoms with Crippen molar-refractivity contribution in [2.45, 2.75) is 62.7 Å². The van der Waals surface area contributed by atoms with Gasteiger partial charge in [0.15, 0.2) is 11.5 Å². The summed E-state index contributed by atoms with van der Waals surface area (Å²) in [5.41, 5.74) is 3.00. The number of anilines is 1. The predicted octanol–water partition coefficient (Wildman–Crippen LogP) is 5.69. The number of rotatable bonds is 7. The molecule has 3 aliphatic carbocycles. The predicted molar refractivity (Wildman–Crippen MR) is 145 cm³/mol. The number of carbonyl (C=O) groups is 1. The number of benzene rings is 1. The highest BCUT2D eigenvalue weighted by atomic mass is 19.4. The number of hydrogen-bond donors (Lipinski definition) is 0. The van der Waals surface area contributed by atoms with Gasteiger partial charge in [0.05, 0.1) is 19.3 Å². The van der Waals surface area contributed by atoms with Crippen molar-refractivity contribution in [3.8, 4) is 28.7 Å². The van der Waals surface area contributed by atoms with Gasteiger partial charge in [-0.2, -0.15) is 13.2 Å². The summed E-state index contributed by atoms with van der Waals surface area (Å²) in [6.45, 7) is 0.272. The van der Waals surface area contributed by atoms with E-state index in [9.17, 15) is 18.0 Å². The van der Waals surface area contributed by atoms with Crippen LogP contribution in [0.25, 0.3) is 22.8 Å². The Balaban J connectivity index is 1.13. The van der Waals surface area contributed by atoms with E-state index in [-0.39, 0.29) is 30.3 Å². The minimum atomic E-state index is -4.51. The monoisotopic (exact) mass is 573 g/mol. The van der Waals surface area contributed by atoms with Crippen molar-refractivity contribution in [1.82, 2.24) is 29.5 Å². The van der Waals surface area contributed by atoms with Gasteiger partial charge in [-0.15, -0.1) is 0 Å². The Labute approximate surface area is 238 Å². The number of aromatic nitrogens is 6. The zero-order valence-corrected chi connectivity index (χ0v) is 22.7. The minimum Gasteiger partial charge on any atom is -0.480 e. The molecule has 0 unspecified atom stereocenters. The molecule has 0 bridgehead atoms. The highest BCUT2D eigenvalue weighted by molar-refractivity contribution is 6.00. The van der Waals surface area contributed by atoms with Gasteiger partial charge in [0.25, 0.3) is 0 Å². The molecule has 3 saturated carbocycles. The molecule has 42 heavy (non-hydrogen) atoms. The lowest BCUT2D eigenvalue weighted by Crippen LogP contribution is -2.36. The van der Waals surface area contributed by atoms with Crippen LogP contribution in [0, 0.1) is 5.92 Å². The number of hydrogen-bond acceptors (Lipinski definition) is 7. The number of alkyl halides is 3. The molecule has 4 aliphatic rings. The molecule has 0 saturated heterocycles. The van der Waals surface area contributed by atoms with Crippen molar-refractivity contribution in [3.05, 3.63) is 65.5 Å². The summed E-state index contributed by atoms with van der Waals surface area (Å²) in [6.07, 6.45) is 4.40. The highest BCUT2D eigenvalue weighted by Gasteiger charge is 2.52. The first-order chi connectivity index (χ1) is 20.3. The van der Waals surface area contributed by atoms with Crippen LogP contribution >= 0.6 is 0 Å². The zero-order valence-electron chi connectivity index (χ0n) is 22.7. The zero-order chi connectivity index (χ0) is 28.7. The molecule has 2 atom stereocenters. The van der Waals surface area contributed by atoms with E-state index in [2.05, 4.69) is 19.9 Å². The van der Waals surface area contributed by atoms with Crippen molar-refractivity contribution in [1.29, 1.82) is 0 Å². The SMILES string of the molecule is COc1ncnc(C2CC2)c1-c1ncc2c(n1)N(Cc1ccc(-c3nc(C(F)(F)F)cn3C3CC3)cc1)C(=O)[C@H]1C[C@@H]21. The van der Waals surface area contributed by atoms with E-state index in [1.165, 1.54) is 6.33 Å². The number of fused-ring (bicyclic) bond motifs is 3. The second-order valence-electron chi connectivity index (χ2n) is 11.5. The van der Waals surface area contributed by atoms with Crippen LogP contribution in [-0.2, 0) is 17.5 Å². The van der Waals surface area contributed by atoms with E-state index in [1.807, 2.05) is 18.3 Å². The summed E-state index contributed by atoms with van der Waals surface area (Å²) in [6, 6.07) is 7.25. The average Bonchev–Trinajstić information content (AvgIpc) is 3.86. The van der Waals surface area contributed by atoms with E-state index < -0.39 is 11.9 Å². The summed E-state index contributed by atoms with van der Waals surface area (Å²) in [4.78, 5) is 37.5. The van der Waals surface area contributed by atoms with Crippen LogP contribution in [0.5, 0.6) is 5.88 Å². The first-order valence-corrected chi connectivity index (χ1v) is 14.1. The summed E-state index contributed by atoms with van der Waals surface area (Å²) >= 11 is 0. The third-order valence-corrected chi connectivity index (χ3v) is 8.56. The maximum Gasteiger partial charge on any atom is 0.434 e. The fourth-order valence-corrected chi connectivity index (χ4v) is 5.98. The maximum absolute atomic E-state index is 13.5. The van der Waals surface area contributed by atoms with Crippen molar-refractivity contribution in [2.75, 3.05) is 12.0 Å². The smallest absolute Gasteiger partial charge is 0.434 e. The van der Waals surface area contributed by atoms with Crippen LogP contribution < -0.4 is 9.64 Å². The fraction of sp³-hybridized carbons (Fsp3) is 0.400. The van der Waals surface area contributed by atoms with Gasteiger partial charge < -0.3 is 9.30 Å². The number of imidazole rings is 1. The van der Waals surface area contributed by atoms with Crippen LogP contribution in [0.15, 0.2) is 43.0 Å². The molecule has 4 heterocycles. The fourth-order valence-electron chi connectivity index (χ4n) is 5.98. The number of methoxy groups -OCH3 is 1. The van der Waals surface area contributed by atoms with Gasteiger partial charge >= 0.3 is 6.18 Å². The molecule has 3 fully saturated rings. The van der Waals surface area contributed by atoms with E-state index in [1.54, 1.807) is 28.7 Å². The van der Waals surface area contributed by atoms with Crippen molar-refractivity contribution < 1.29 is 22.7 Å². The molecule has 8 rings (SSSR count). The minimum absolute atomic E-state index is 0.0130. The molecule has 1 aliphatic heterocycles. The highest BCUT2D eigenvalue weighted by Crippen LogP contribution is 2.55. The molecular formula is C30H26F3N7O2. The van der Waals surface area contributed by atoms with Gasteiger partial charge in [-0.3, -0.25) is 9.69 Å². The maximum atomic E-state index is 13.5. The van der Waals surface area contributed by atoms with Crippen LogP contribution in [0.4, 0.5) is 19.0 Å². The topological polar surface area (TPSA) is 98.9 Å². The lowest BCUT2D eigenvalue weighted by Gasteiger charge is -2.28. The molecule has 3 aromatic heterocycles. The average molecular weight is 574 g/mol. The second kappa shape index (κ2) is 9.07. The quantitative estimate of drug-likeness (QED) is 0.280. The largest absolute Gasteiger partial charge is 0.480 e. The standard InChI is InChI=1S/C30H26F3N7O2/c1-42-28-23(24(16-6-7-16)35-14-36-28)25-34-11-21-19-10-20(19)29(41)40(27(21)38-25)12-15-2-4-17(5-3-15)26-37-22(30(31,32)33)13-39(26)18-8-9-18/h2-5,11,13-14,16,18-20H,6-10,12H2,1H3/t19-,20+/m1/s1. The Bertz CT molecular complexity index is 1730. The Morgan fingerprint density at radius 2 is 1.79 bits per heavy atom. The Hall–Kier alpha value is -4.35. The third-order valence-electron chi connectivity index (χ3n) is 8.56. The molecule has 0 spiro atoms. The lowest BCUT2D eigenvalue weighted by atomic mass is 10.0. The Morgan fingerprint density at radius 1 is 1.00 bits per heavy atom. The second-order valence-corrected chi connectivity index (χ2v) is 11.5. The van der Waals surface area contributed by atoms with E-state index in [4.69, 9.17) is 9.72 Å². The number of carbonyl (C=O) groups excluding carboxylic acids is 1. The van der Waals surface area contributed by atoms with Crippen LogP contribution in [0.2, 0.25) is 0 Å². The Morgan fingerprint density at radius 3 is 2.48 bits per heavy atom. The van der Waals surface area contributed by atoms with Crippen molar-refractivity contribution >= 4 is 11.7 Å². The van der Waals surface area contributed by atoms with Crippen LogP contribution in [-0.4, -0.2) is 42.5 Å². The van der Waals surface area contributed by atoms with E-state index in [0.717, 1.165) is 55.1 Å². The van der Waals surface area contributed by atoms with E-state index in [0.29, 0.717) is 40.4 Å². The molecule has 1 amide bonds. The number of amides is 1. The number of ether oxygens (including phenoxy) is 1. The number of halogens is 3. The summed E-state index contributed by atoms with van der Waals surface area (Å²) in [5.74, 6) is 2.04. The molecule has 0 radical (unpaired) electrons. The molecule has 1 aromatic carbocycles. The van der Waals surface area contributed by atoms with Gasteiger partial charge in [0.2, 0.25) is 11.8 Å². The molecule has 0 N–H and O–H groups in total.